The van der Waals surface area contributed by atoms with Crippen molar-refractivity contribution in [1.82, 2.24) is 9.80 Å². The minimum absolute atomic E-state index is 0.0545. The summed E-state index contributed by atoms with van der Waals surface area (Å²) in [5.74, 6) is 0.910. The monoisotopic (exact) mass is 468 g/mol. The summed E-state index contributed by atoms with van der Waals surface area (Å²) < 4.78 is 6.23. The number of carbonyl (C=O) groups excluding carboxylic acids is 1. The van der Waals surface area contributed by atoms with Gasteiger partial charge < -0.3 is 14.7 Å². The molecule has 0 fully saturated rings. The number of nitrogens with zero attached hydrogens (tertiary/aromatic N) is 2. The number of benzene rings is 1. The lowest BCUT2D eigenvalue weighted by Crippen LogP contribution is -2.47. The van der Waals surface area contributed by atoms with Crippen molar-refractivity contribution < 1.29 is 14.6 Å². The van der Waals surface area contributed by atoms with Crippen LogP contribution in [0.15, 0.2) is 55.0 Å². The van der Waals surface area contributed by atoms with E-state index < -0.39 is 6.10 Å². The van der Waals surface area contributed by atoms with Gasteiger partial charge in [-0.3, -0.25) is 9.69 Å². The third kappa shape index (κ3) is 6.79. The molecule has 0 bridgehead atoms. The van der Waals surface area contributed by atoms with Crippen LogP contribution in [0.3, 0.4) is 0 Å². The number of carbonyl (C=O) groups is 1. The SMILES string of the molecule is C=CCC[C@@H](O)CN(CC=C)CC(=O)N1CCc2sccc2[C@@H]1COc1ccc(C)cc1C. The summed E-state index contributed by atoms with van der Waals surface area (Å²) in [6.45, 7) is 14.0. The summed E-state index contributed by atoms with van der Waals surface area (Å²) >= 11 is 1.75. The van der Waals surface area contributed by atoms with Crippen molar-refractivity contribution in [3.63, 3.8) is 0 Å². The molecule has 6 heteroatoms. The predicted molar refractivity (Wildman–Crippen MR) is 136 cm³/mol. The van der Waals surface area contributed by atoms with E-state index >= 15 is 0 Å². The van der Waals surface area contributed by atoms with Crippen LogP contribution in [0.4, 0.5) is 0 Å². The molecular formula is C27H36N2O3S. The zero-order valence-electron chi connectivity index (χ0n) is 19.8. The highest BCUT2D eigenvalue weighted by atomic mass is 32.1. The fourth-order valence-electron chi connectivity index (χ4n) is 4.37. The smallest absolute Gasteiger partial charge is 0.237 e. The van der Waals surface area contributed by atoms with Gasteiger partial charge in [-0.15, -0.1) is 24.5 Å². The van der Waals surface area contributed by atoms with E-state index in [0.717, 1.165) is 24.2 Å². The molecule has 1 N–H and O–H groups in total. The quantitative estimate of drug-likeness (QED) is 0.460. The Bertz CT molecular complexity index is 955. The first-order valence-corrected chi connectivity index (χ1v) is 12.5. The van der Waals surface area contributed by atoms with Gasteiger partial charge in [-0.25, -0.2) is 0 Å². The molecule has 5 nitrogen and oxygen atoms in total. The van der Waals surface area contributed by atoms with Crippen molar-refractivity contribution in [3.05, 3.63) is 76.5 Å². The molecule has 2 atom stereocenters. The van der Waals surface area contributed by atoms with Crippen molar-refractivity contribution >= 4 is 17.2 Å². The summed E-state index contributed by atoms with van der Waals surface area (Å²) in [4.78, 5) is 18.7. The molecular weight excluding hydrogens is 432 g/mol. The molecule has 1 aliphatic heterocycles. The van der Waals surface area contributed by atoms with Crippen LogP contribution in [0, 0.1) is 13.8 Å². The van der Waals surface area contributed by atoms with Crippen LogP contribution < -0.4 is 4.74 Å². The van der Waals surface area contributed by atoms with Gasteiger partial charge in [0.1, 0.15) is 12.4 Å². The van der Waals surface area contributed by atoms with E-state index in [1.165, 1.54) is 16.0 Å². The van der Waals surface area contributed by atoms with E-state index in [1.54, 1.807) is 23.5 Å². The van der Waals surface area contributed by atoms with E-state index in [4.69, 9.17) is 4.74 Å². The molecule has 1 aliphatic rings. The van der Waals surface area contributed by atoms with Gasteiger partial charge in [-0.2, -0.15) is 0 Å². The minimum Gasteiger partial charge on any atom is -0.491 e. The number of aliphatic hydroxyl groups is 1. The molecule has 0 unspecified atom stereocenters. The van der Waals surface area contributed by atoms with Crippen molar-refractivity contribution in [3.8, 4) is 5.75 Å². The van der Waals surface area contributed by atoms with Crippen molar-refractivity contribution in [2.75, 3.05) is 32.8 Å². The normalized spacial score (nSPS) is 16.4. The van der Waals surface area contributed by atoms with E-state index in [2.05, 4.69) is 37.6 Å². The maximum atomic E-state index is 13.4. The maximum absolute atomic E-state index is 13.4. The van der Waals surface area contributed by atoms with Gasteiger partial charge in [0, 0.05) is 24.5 Å². The van der Waals surface area contributed by atoms with Gasteiger partial charge in [0.15, 0.2) is 0 Å². The number of hydrogen-bond acceptors (Lipinski definition) is 5. The zero-order valence-corrected chi connectivity index (χ0v) is 20.7. The number of hydrogen-bond donors (Lipinski definition) is 1. The van der Waals surface area contributed by atoms with Gasteiger partial charge >= 0.3 is 0 Å². The molecule has 33 heavy (non-hydrogen) atoms. The third-order valence-electron chi connectivity index (χ3n) is 6.06. The Morgan fingerprint density at radius 1 is 1.33 bits per heavy atom. The molecule has 3 rings (SSSR count). The van der Waals surface area contributed by atoms with Crippen molar-refractivity contribution in [2.45, 2.75) is 45.3 Å². The average molecular weight is 469 g/mol. The van der Waals surface area contributed by atoms with Gasteiger partial charge in [-0.05, 0) is 61.7 Å². The van der Waals surface area contributed by atoms with Crippen LogP contribution in [0.5, 0.6) is 5.75 Å². The Morgan fingerprint density at radius 3 is 2.88 bits per heavy atom. The second-order valence-corrected chi connectivity index (χ2v) is 9.74. The Morgan fingerprint density at radius 2 is 2.15 bits per heavy atom. The van der Waals surface area contributed by atoms with E-state index in [9.17, 15) is 9.90 Å². The highest BCUT2D eigenvalue weighted by Gasteiger charge is 2.33. The zero-order chi connectivity index (χ0) is 23.8. The Hall–Kier alpha value is -2.41. The van der Waals surface area contributed by atoms with Crippen LogP contribution in [0.2, 0.25) is 0 Å². The number of aliphatic hydroxyl groups excluding tert-OH is 1. The molecule has 178 valence electrons. The highest BCUT2D eigenvalue weighted by molar-refractivity contribution is 7.10. The topological polar surface area (TPSA) is 53.0 Å². The molecule has 2 heterocycles. The molecule has 0 aliphatic carbocycles. The summed E-state index contributed by atoms with van der Waals surface area (Å²) in [5.41, 5.74) is 3.48. The third-order valence-corrected chi connectivity index (χ3v) is 7.06. The van der Waals surface area contributed by atoms with Gasteiger partial charge in [0.25, 0.3) is 0 Å². The largest absolute Gasteiger partial charge is 0.491 e. The first-order valence-electron chi connectivity index (χ1n) is 11.6. The summed E-state index contributed by atoms with van der Waals surface area (Å²) in [7, 11) is 0. The molecule has 2 aromatic rings. The van der Waals surface area contributed by atoms with Gasteiger partial charge in [0.2, 0.25) is 5.91 Å². The summed E-state index contributed by atoms with van der Waals surface area (Å²) in [6.07, 6.45) is 5.34. The Kier molecular flexibility index (Phi) is 9.30. The first kappa shape index (κ1) is 25.2. The lowest BCUT2D eigenvalue weighted by molar-refractivity contribution is -0.136. The number of amides is 1. The number of aryl methyl sites for hydroxylation is 2. The summed E-state index contributed by atoms with van der Waals surface area (Å²) in [6, 6.07) is 8.16. The second-order valence-electron chi connectivity index (χ2n) is 8.73. The average Bonchev–Trinajstić information content (AvgIpc) is 3.26. The number of thiophene rings is 1. The first-order chi connectivity index (χ1) is 15.9. The number of rotatable bonds is 12. The van der Waals surface area contributed by atoms with Crippen LogP contribution in [-0.2, 0) is 11.2 Å². The van der Waals surface area contributed by atoms with Crippen LogP contribution in [-0.4, -0.2) is 59.7 Å². The van der Waals surface area contributed by atoms with Gasteiger partial charge in [-0.1, -0.05) is 29.8 Å². The predicted octanol–water partition coefficient (Wildman–Crippen LogP) is 4.68. The molecule has 1 aromatic carbocycles. The molecule has 0 spiro atoms. The highest BCUT2D eigenvalue weighted by Crippen LogP contribution is 2.34. The number of allylic oxidation sites excluding steroid dienone is 1. The fourth-order valence-corrected chi connectivity index (χ4v) is 5.30. The number of ether oxygens (including phenoxy) is 1. The lowest BCUT2D eigenvalue weighted by Gasteiger charge is -2.37. The number of fused-ring (bicyclic) bond motifs is 1. The van der Waals surface area contributed by atoms with E-state index in [-0.39, 0.29) is 18.5 Å². The summed E-state index contributed by atoms with van der Waals surface area (Å²) in [5, 5.41) is 12.4. The van der Waals surface area contributed by atoms with Crippen LogP contribution in [0.1, 0.15) is 40.5 Å². The van der Waals surface area contributed by atoms with Crippen LogP contribution >= 0.6 is 11.3 Å². The lowest BCUT2D eigenvalue weighted by atomic mass is 10.00. The van der Waals surface area contributed by atoms with E-state index in [0.29, 0.717) is 32.7 Å². The molecule has 0 saturated heterocycles. The molecule has 0 radical (unpaired) electrons. The molecule has 0 saturated carbocycles. The Balaban J connectivity index is 1.72. The Labute approximate surface area is 202 Å². The second kappa shape index (κ2) is 12.2. The van der Waals surface area contributed by atoms with Gasteiger partial charge in [0.05, 0.1) is 18.7 Å². The maximum Gasteiger partial charge on any atom is 0.237 e. The fraction of sp³-hybridized carbons (Fsp3) is 0.444. The minimum atomic E-state index is -0.496. The van der Waals surface area contributed by atoms with Crippen LogP contribution in [0.25, 0.3) is 0 Å². The van der Waals surface area contributed by atoms with E-state index in [1.807, 2.05) is 28.9 Å². The van der Waals surface area contributed by atoms with Crippen molar-refractivity contribution in [2.24, 2.45) is 0 Å². The molecule has 1 aromatic heterocycles. The molecule has 1 amide bonds. The standard InChI is InChI=1S/C27H36N2O3S/c1-5-7-8-22(30)17-28(13-6-2)18-27(31)29-14-11-26-23(12-15-33-26)24(29)19-32-25-10-9-20(3)16-21(25)4/h5-6,9-10,12,15-16,22,24,30H,1-2,7-8,11,13-14,17-19H2,3-4H3/t22-,24+/m1/s1. The van der Waals surface area contributed by atoms with Crippen molar-refractivity contribution in [1.29, 1.82) is 0 Å².